The second-order valence-electron chi connectivity index (χ2n) is 5.94. The lowest BCUT2D eigenvalue weighted by Crippen LogP contribution is -2.50. The van der Waals surface area contributed by atoms with Gasteiger partial charge in [0.1, 0.15) is 0 Å². The summed E-state index contributed by atoms with van der Waals surface area (Å²) in [6.07, 6.45) is -0.344. The number of amides is 1. The molecule has 0 aromatic heterocycles. The third-order valence-corrected chi connectivity index (χ3v) is 4.88. The Morgan fingerprint density at radius 2 is 1.92 bits per heavy atom. The predicted octanol–water partition coefficient (Wildman–Crippen LogP) is 0.221. The predicted molar refractivity (Wildman–Crippen MR) is 93.5 cm³/mol. The number of aliphatic carboxylic acids is 1. The van der Waals surface area contributed by atoms with Crippen LogP contribution < -0.4 is 10.0 Å². The van der Waals surface area contributed by atoms with Crippen LogP contribution >= 0.6 is 0 Å². The number of carboxylic acids is 1. The molecule has 9 nitrogen and oxygen atoms in total. The molecule has 0 aliphatic carbocycles. The zero-order valence-corrected chi connectivity index (χ0v) is 15.8. The summed E-state index contributed by atoms with van der Waals surface area (Å²) in [6.45, 7) is 1.83. The topological polar surface area (TPSA) is 131 Å². The molecular weight excluding hydrogens is 364 g/mol. The second-order valence-corrected chi connectivity index (χ2v) is 7.70. The molecule has 1 unspecified atom stereocenters. The lowest BCUT2D eigenvalue weighted by Gasteiger charge is -2.28. The van der Waals surface area contributed by atoms with Crippen molar-refractivity contribution in [1.82, 2.24) is 10.0 Å². The Bertz CT molecular complexity index is 736. The van der Waals surface area contributed by atoms with Gasteiger partial charge < -0.3 is 19.9 Å². The molecule has 0 heterocycles. The fraction of sp³-hybridized carbons (Fsp3) is 0.500. The van der Waals surface area contributed by atoms with Crippen molar-refractivity contribution in [2.75, 3.05) is 34.0 Å². The van der Waals surface area contributed by atoms with Gasteiger partial charge in [0.05, 0.1) is 30.1 Å². The van der Waals surface area contributed by atoms with Crippen molar-refractivity contribution >= 4 is 21.9 Å². The fourth-order valence-electron chi connectivity index (χ4n) is 2.30. The van der Waals surface area contributed by atoms with Crippen LogP contribution in [0.25, 0.3) is 0 Å². The molecule has 1 aromatic rings. The number of ether oxygens (including phenoxy) is 2. The van der Waals surface area contributed by atoms with Gasteiger partial charge in [-0.1, -0.05) is 6.07 Å². The van der Waals surface area contributed by atoms with E-state index in [1.54, 1.807) is 0 Å². The molecule has 0 fully saturated rings. The average molecular weight is 388 g/mol. The SMILES string of the molecule is COCCNS(=O)(=O)c1cccc(C(=O)NC(C)(COC)CC(=O)O)c1. The number of hydrogen-bond acceptors (Lipinski definition) is 6. The minimum absolute atomic E-state index is 0.0123. The minimum Gasteiger partial charge on any atom is -0.481 e. The first-order chi connectivity index (χ1) is 12.1. The van der Waals surface area contributed by atoms with Crippen LogP contribution in [0.3, 0.4) is 0 Å². The molecule has 1 rings (SSSR count). The summed E-state index contributed by atoms with van der Waals surface area (Å²) in [6, 6.07) is 5.46. The zero-order chi connectivity index (χ0) is 19.8. The molecular formula is C16H24N2O7S. The average Bonchev–Trinajstić information content (AvgIpc) is 2.54. The highest BCUT2D eigenvalue weighted by molar-refractivity contribution is 7.89. The summed E-state index contributed by atoms with van der Waals surface area (Å²) in [5, 5.41) is 11.6. The monoisotopic (exact) mass is 388 g/mol. The van der Waals surface area contributed by atoms with E-state index in [0.717, 1.165) is 0 Å². The van der Waals surface area contributed by atoms with Crippen LogP contribution in [0, 0.1) is 0 Å². The maximum atomic E-state index is 12.5. The van der Waals surface area contributed by atoms with Crippen LogP contribution in [0.15, 0.2) is 29.2 Å². The van der Waals surface area contributed by atoms with E-state index < -0.39 is 27.4 Å². The third kappa shape index (κ3) is 6.71. The quantitative estimate of drug-likeness (QED) is 0.462. The lowest BCUT2D eigenvalue weighted by atomic mass is 9.98. The van der Waals surface area contributed by atoms with Crippen molar-refractivity contribution in [3.63, 3.8) is 0 Å². The zero-order valence-electron chi connectivity index (χ0n) is 14.9. The van der Waals surface area contributed by atoms with Crippen LogP contribution in [0.2, 0.25) is 0 Å². The molecule has 10 heteroatoms. The second kappa shape index (κ2) is 9.62. The minimum atomic E-state index is -3.79. The van der Waals surface area contributed by atoms with Crippen LogP contribution in [-0.2, 0) is 24.3 Å². The smallest absolute Gasteiger partial charge is 0.305 e. The number of carboxylic acid groups (broad SMARTS) is 1. The lowest BCUT2D eigenvalue weighted by molar-refractivity contribution is -0.139. The largest absolute Gasteiger partial charge is 0.481 e. The highest BCUT2D eigenvalue weighted by Gasteiger charge is 2.30. The number of hydrogen-bond donors (Lipinski definition) is 3. The van der Waals surface area contributed by atoms with Crippen molar-refractivity contribution in [3.05, 3.63) is 29.8 Å². The maximum Gasteiger partial charge on any atom is 0.305 e. The number of sulfonamides is 1. The van der Waals surface area contributed by atoms with Gasteiger partial charge in [-0.05, 0) is 25.1 Å². The molecule has 26 heavy (non-hydrogen) atoms. The Kier molecular flexibility index (Phi) is 8.15. The number of benzene rings is 1. The Balaban J connectivity index is 2.98. The third-order valence-electron chi connectivity index (χ3n) is 3.42. The summed E-state index contributed by atoms with van der Waals surface area (Å²) in [7, 11) is -0.944. The van der Waals surface area contributed by atoms with Gasteiger partial charge >= 0.3 is 5.97 Å². The van der Waals surface area contributed by atoms with Gasteiger partial charge in [-0.2, -0.15) is 0 Å². The first-order valence-corrected chi connectivity index (χ1v) is 9.24. The number of nitrogens with one attached hydrogen (secondary N) is 2. The van der Waals surface area contributed by atoms with E-state index in [-0.39, 0.29) is 36.6 Å². The molecule has 0 radical (unpaired) electrons. The van der Waals surface area contributed by atoms with E-state index in [1.165, 1.54) is 45.4 Å². The van der Waals surface area contributed by atoms with Crippen molar-refractivity contribution in [1.29, 1.82) is 0 Å². The van der Waals surface area contributed by atoms with E-state index in [4.69, 9.17) is 14.6 Å². The van der Waals surface area contributed by atoms with E-state index in [9.17, 15) is 18.0 Å². The van der Waals surface area contributed by atoms with Gasteiger partial charge in [0.2, 0.25) is 10.0 Å². The van der Waals surface area contributed by atoms with Crippen LogP contribution in [0.5, 0.6) is 0 Å². The van der Waals surface area contributed by atoms with Gasteiger partial charge in [-0.25, -0.2) is 13.1 Å². The molecule has 0 spiro atoms. The molecule has 0 bridgehead atoms. The Hall–Kier alpha value is -2.01. The highest BCUT2D eigenvalue weighted by atomic mass is 32.2. The normalized spacial score (nSPS) is 13.8. The van der Waals surface area contributed by atoms with Gasteiger partial charge in [0.15, 0.2) is 0 Å². The van der Waals surface area contributed by atoms with Gasteiger partial charge in [-0.15, -0.1) is 0 Å². The summed E-state index contributed by atoms with van der Waals surface area (Å²) in [4.78, 5) is 23.4. The van der Waals surface area contributed by atoms with Gasteiger partial charge in [0.25, 0.3) is 5.91 Å². The van der Waals surface area contributed by atoms with E-state index in [1.807, 2.05) is 0 Å². The molecule has 1 aromatic carbocycles. The van der Waals surface area contributed by atoms with Gasteiger partial charge in [-0.3, -0.25) is 9.59 Å². The number of carbonyl (C=O) groups is 2. The van der Waals surface area contributed by atoms with Crippen molar-refractivity contribution in [2.45, 2.75) is 23.8 Å². The standard InChI is InChI=1S/C16H24N2O7S/c1-16(11-25-3,10-14(19)20)18-15(21)12-5-4-6-13(9-12)26(22,23)17-7-8-24-2/h4-6,9,17H,7-8,10-11H2,1-3H3,(H,18,21)(H,19,20). The maximum absolute atomic E-state index is 12.5. The fourth-order valence-corrected chi connectivity index (χ4v) is 3.35. The number of rotatable bonds is 11. The number of methoxy groups -OCH3 is 2. The Labute approximate surface area is 152 Å². The molecule has 1 amide bonds. The van der Waals surface area contributed by atoms with E-state index in [2.05, 4.69) is 10.0 Å². The summed E-state index contributed by atoms with van der Waals surface area (Å²) >= 11 is 0. The molecule has 1 atom stereocenters. The molecule has 0 aliphatic heterocycles. The molecule has 0 saturated carbocycles. The summed E-state index contributed by atoms with van der Waals surface area (Å²) < 4.78 is 36.6. The first-order valence-electron chi connectivity index (χ1n) is 7.75. The summed E-state index contributed by atoms with van der Waals surface area (Å²) in [5.41, 5.74) is -1.05. The van der Waals surface area contributed by atoms with E-state index in [0.29, 0.717) is 0 Å². The molecule has 3 N–H and O–H groups in total. The van der Waals surface area contributed by atoms with Crippen LogP contribution in [0.1, 0.15) is 23.7 Å². The van der Waals surface area contributed by atoms with E-state index >= 15 is 0 Å². The molecule has 0 aliphatic rings. The van der Waals surface area contributed by atoms with Crippen LogP contribution in [0.4, 0.5) is 0 Å². The highest BCUT2D eigenvalue weighted by Crippen LogP contribution is 2.15. The summed E-state index contributed by atoms with van der Waals surface area (Å²) in [5.74, 6) is -1.69. The first kappa shape index (κ1) is 22.0. The van der Waals surface area contributed by atoms with Crippen LogP contribution in [-0.4, -0.2) is 64.9 Å². The number of carbonyl (C=O) groups excluding carboxylic acids is 1. The Morgan fingerprint density at radius 1 is 1.23 bits per heavy atom. The van der Waals surface area contributed by atoms with Crippen molar-refractivity contribution in [2.24, 2.45) is 0 Å². The van der Waals surface area contributed by atoms with Crippen molar-refractivity contribution < 1.29 is 32.6 Å². The van der Waals surface area contributed by atoms with Gasteiger partial charge in [0, 0.05) is 26.3 Å². The molecule has 146 valence electrons. The molecule has 0 saturated heterocycles. The Morgan fingerprint density at radius 3 is 2.50 bits per heavy atom. The van der Waals surface area contributed by atoms with Crippen molar-refractivity contribution in [3.8, 4) is 0 Å².